The van der Waals surface area contributed by atoms with Crippen molar-refractivity contribution in [2.24, 2.45) is 9.98 Å². The van der Waals surface area contributed by atoms with Crippen molar-refractivity contribution in [1.82, 2.24) is 9.97 Å². The number of pyridine rings is 2. The summed E-state index contributed by atoms with van der Waals surface area (Å²) in [4.78, 5) is 34.5. The van der Waals surface area contributed by atoms with Crippen LogP contribution in [0.25, 0.3) is 0 Å². The second kappa shape index (κ2) is 29.6. The molecule has 4 N–H and O–H groups in total. The Bertz CT molecular complexity index is 1120. The molecule has 42 heavy (non-hydrogen) atoms. The Morgan fingerprint density at radius 2 is 0.881 bits per heavy atom. The molecule has 14 heteroatoms. The molecule has 0 aliphatic carbocycles. The van der Waals surface area contributed by atoms with E-state index in [0.29, 0.717) is 11.1 Å². The molecule has 0 spiro atoms. The second-order valence-electron chi connectivity index (χ2n) is 6.81. The number of benzene rings is 2. The van der Waals surface area contributed by atoms with E-state index in [4.69, 9.17) is 0 Å². The fourth-order valence-electron chi connectivity index (χ4n) is 2.24. The fraction of sp³-hybridized carbons (Fsp3) is 0.0714. The number of carboxylic acids is 2. The van der Waals surface area contributed by atoms with Gasteiger partial charge in [0.05, 0.1) is 25.0 Å². The minimum absolute atomic E-state index is 0. The first-order chi connectivity index (χ1) is 18.4. The second-order valence-corrected chi connectivity index (χ2v) is 6.81. The van der Waals surface area contributed by atoms with Crippen LogP contribution in [0.5, 0.6) is 11.5 Å². The Morgan fingerprint density at radius 1 is 0.571 bits per heavy atom. The van der Waals surface area contributed by atoms with E-state index in [9.17, 15) is 30.0 Å². The zero-order valence-corrected chi connectivity index (χ0v) is 23.7. The number of carbonyl (C=O) groups is 2. The molecule has 0 unspecified atom stereocenters. The summed E-state index contributed by atoms with van der Waals surface area (Å²) in [5.41, 5.74) is 0.757. The van der Waals surface area contributed by atoms with Crippen LogP contribution in [0.4, 0.5) is 0 Å². The summed E-state index contributed by atoms with van der Waals surface area (Å²) in [6.07, 6.45) is 9.47. The Kier molecular flexibility index (Phi) is 31.4. The molecular formula is C28H28Cu2N4O8. The first-order valence-corrected chi connectivity index (χ1v) is 11.0. The molecule has 0 aliphatic heterocycles. The van der Waals surface area contributed by atoms with Crippen molar-refractivity contribution in [2.75, 3.05) is 13.1 Å². The smallest absolute Gasteiger partial charge is 0.872 e. The molecule has 4 rings (SSSR count). The molecule has 230 valence electrons. The number of aromatic nitrogens is 2. The predicted octanol–water partition coefficient (Wildman–Crippen LogP) is -1.63. The third-order valence-electron chi connectivity index (χ3n) is 3.87. The number of hydrogen-bond acceptors (Lipinski definition) is 10. The molecule has 4 aromatic rings. The van der Waals surface area contributed by atoms with Gasteiger partial charge in [0, 0.05) is 37.2 Å². The van der Waals surface area contributed by atoms with Crippen molar-refractivity contribution < 1.29 is 75.1 Å². The van der Waals surface area contributed by atoms with Gasteiger partial charge in [0.15, 0.2) is 0 Å². The molecule has 0 aliphatic rings. The Labute approximate surface area is 264 Å². The van der Waals surface area contributed by atoms with Gasteiger partial charge in [0.25, 0.3) is 0 Å². The number of carboxylic acid groups (broad SMARTS) is 2. The summed E-state index contributed by atoms with van der Waals surface area (Å²) in [5.74, 6) is -2.88. The zero-order chi connectivity index (χ0) is 27.8. The van der Waals surface area contributed by atoms with Crippen molar-refractivity contribution >= 4 is 24.4 Å². The molecular weight excluding hydrogens is 647 g/mol. The molecule has 0 amide bonds. The van der Waals surface area contributed by atoms with Gasteiger partial charge in [-0.25, -0.2) is 0 Å². The summed E-state index contributed by atoms with van der Waals surface area (Å²) in [7, 11) is 0. The van der Waals surface area contributed by atoms with Crippen LogP contribution in [0.2, 0.25) is 0 Å². The third kappa shape index (κ3) is 24.6. The normalized spacial score (nSPS) is 8.76. The average Bonchev–Trinajstić information content (AvgIpc) is 2.94. The van der Waals surface area contributed by atoms with Crippen molar-refractivity contribution in [3.63, 3.8) is 0 Å². The Morgan fingerprint density at radius 3 is 1.10 bits per heavy atom. The molecule has 0 saturated carbocycles. The van der Waals surface area contributed by atoms with E-state index in [2.05, 4.69) is 20.0 Å². The van der Waals surface area contributed by atoms with E-state index in [1.54, 1.807) is 61.2 Å². The summed E-state index contributed by atoms with van der Waals surface area (Å²) >= 11 is 0. The minimum Gasteiger partial charge on any atom is -0.872 e. The van der Waals surface area contributed by atoms with E-state index in [1.807, 2.05) is 36.4 Å². The topological polar surface area (TPSA) is 240 Å². The van der Waals surface area contributed by atoms with Gasteiger partial charge in [-0.1, -0.05) is 60.7 Å². The maximum atomic E-state index is 11.0. The number of carbonyl (C=O) groups excluding carboxylic acids is 2. The molecule has 2 heterocycles. The zero-order valence-electron chi connectivity index (χ0n) is 21.8. The summed E-state index contributed by atoms with van der Waals surface area (Å²) in [6, 6.07) is 23.9. The summed E-state index contributed by atoms with van der Waals surface area (Å²) in [6.45, 7) is -0.845. The molecule has 0 bridgehead atoms. The third-order valence-corrected chi connectivity index (χ3v) is 3.87. The summed E-state index contributed by atoms with van der Waals surface area (Å²) < 4.78 is 0. The molecule has 2 aromatic carbocycles. The maximum Gasteiger partial charge on any atom is 2.00 e. The minimum atomic E-state index is -1.26. The maximum absolute atomic E-state index is 11.0. The van der Waals surface area contributed by atoms with Crippen molar-refractivity contribution in [2.45, 2.75) is 0 Å². The van der Waals surface area contributed by atoms with E-state index in [1.165, 1.54) is 24.6 Å². The van der Waals surface area contributed by atoms with Crippen LogP contribution in [-0.2, 0) is 43.7 Å². The van der Waals surface area contributed by atoms with E-state index in [-0.39, 0.29) is 56.6 Å². The Hall–Kier alpha value is -4.42. The average molecular weight is 676 g/mol. The standard InChI is InChI=1S/2C9H9NO3.2C5H5N.2Cu.2H2O/c2*11-8-4-2-1-3-7(8)5-10-6-9(12)13;2*1-2-4-6-5-3-1;;;;/h2*1-5,11H,6H2,(H,12,13);2*1-5H;;;2*1H2/q;;;;2*+2;;/p-4. The van der Waals surface area contributed by atoms with Gasteiger partial charge in [0.1, 0.15) is 0 Å². The van der Waals surface area contributed by atoms with E-state index >= 15 is 0 Å². The van der Waals surface area contributed by atoms with E-state index < -0.39 is 25.0 Å². The SMILES string of the molecule is O.O.O=C([O-])CN=Cc1ccccc1[O-].O=C([O-])CN=Cc1ccccc1[O-].[Cu+2].[Cu+2].c1ccncc1.c1ccncc1. The van der Waals surface area contributed by atoms with Crippen LogP contribution in [0.15, 0.2) is 120 Å². The van der Waals surface area contributed by atoms with Crippen molar-refractivity contribution in [3.8, 4) is 11.5 Å². The largest absolute Gasteiger partial charge is 2.00 e. The number of hydrogen-bond donors (Lipinski definition) is 0. The van der Waals surface area contributed by atoms with Crippen molar-refractivity contribution in [3.05, 3.63) is 121 Å². The van der Waals surface area contributed by atoms with Gasteiger partial charge in [-0.15, -0.1) is 11.5 Å². The van der Waals surface area contributed by atoms with Crippen LogP contribution in [0.1, 0.15) is 11.1 Å². The van der Waals surface area contributed by atoms with Crippen LogP contribution in [0, 0.1) is 0 Å². The van der Waals surface area contributed by atoms with Gasteiger partial charge in [-0.2, -0.15) is 0 Å². The van der Waals surface area contributed by atoms with Gasteiger partial charge < -0.3 is 41.0 Å². The molecule has 0 atom stereocenters. The monoisotopic (exact) mass is 674 g/mol. The number of aliphatic carboxylic acids is 2. The van der Waals surface area contributed by atoms with Gasteiger partial charge in [0.2, 0.25) is 0 Å². The number of para-hydroxylation sites is 2. The molecule has 0 saturated heterocycles. The number of aliphatic imine (C=N–C) groups is 2. The van der Waals surface area contributed by atoms with Crippen LogP contribution < -0.4 is 20.4 Å². The van der Waals surface area contributed by atoms with Gasteiger partial charge in [-0.05, 0) is 35.4 Å². The van der Waals surface area contributed by atoms with Gasteiger partial charge >= 0.3 is 34.1 Å². The fourth-order valence-corrected chi connectivity index (χ4v) is 2.24. The number of rotatable bonds is 6. The first-order valence-electron chi connectivity index (χ1n) is 11.0. The Balaban J connectivity index is -0.000000234. The molecule has 12 nitrogen and oxygen atoms in total. The molecule has 2 radical (unpaired) electrons. The number of nitrogens with zero attached hydrogens (tertiary/aromatic N) is 4. The van der Waals surface area contributed by atoms with Gasteiger partial charge in [-0.3, -0.25) is 20.0 Å². The quantitative estimate of drug-likeness (QED) is 0.169. The first kappa shape index (κ1) is 44.6. The van der Waals surface area contributed by atoms with E-state index in [0.717, 1.165) is 0 Å². The molecule has 0 fully saturated rings. The summed E-state index contributed by atoms with van der Waals surface area (Å²) in [5, 5.41) is 42.0. The van der Waals surface area contributed by atoms with Crippen LogP contribution in [-0.4, -0.2) is 58.4 Å². The predicted molar refractivity (Wildman–Crippen MR) is 142 cm³/mol. The van der Waals surface area contributed by atoms with Crippen LogP contribution >= 0.6 is 0 Å². The van der Waals surface area contributed by atoms with Crippen LogP contribution in [0.3, 0.4) is 0 Å². The van der Waals surface area contributed by atoms with Crippen molar-refractivity contribution in [1.29, 1.82) is 0 Å². The molecule has 2 aromatic heterocycles.